The number of hydrogen-bond acceptors (Lipinski definition) is 5. The van der Waals surface area contributed by atoms with E-state index < -0.39 is 4.92 Å². The molecule has 1 aromatic carbocycles. The van der Waals surface area contributed by atoms with Gasteiger partial charge in [-0.1, -0.05) is 0 Å². The van der Waals surface area contributed by atoms with Gasteiger partial charge in [0.15, 0.2) is 0 Å². The zero-order valence-electron chi connectivity index (χ0n) is 11.0. The van der Waals surface area contributed by atoms with Gasteiger partial charge in [-0.2, -0.15) is 0 Å². The highest BCUT2D eigenvalue weighted by Crippen LogP contribution is 2.20. The summed E-state index contributed by atoms with van der Waals surface area (Å²) >= 11 is 0. The minimum absolute atomic E-state index is 0.141. The van der Waals surface area contributed by atoms with Gasteiger partial charge >= 0.3 is 0 Å². The molecule has 2 rings (SSSR count). The minimum atomic E-state index is -0.550. The van der Waals surface area contributed by atoms with Gasteiger partial charge in [0, 0.05) is 37.6 Å². The zero-order valence-corrected chi connectivity index (χ0v) is 11.0. The third-order valence-electron chi connectivity index (χ3n) is 3.35. The van der Waals surface area contributed by atoms with Gasteiger partial charge in [-0.25, -0.2) is 0 Å². The van der Waals surface area contributed by atoms with Crippen LogP contribution >= 0.6 is 0 Å². The average molecular weight is 279 g/mol. The molecule has 7 heteroatoms. The van der Waals surface area contributed by atoms with Gasteiger partial charge in [-0.05, 0) is 24.8 Å². The SMILES string of the molecule is Nc1ccc([N+](=O)[O-])cc1C(=O)NCCC1CCOC1. The summed E-state index contributed by atoms with van der Waals surface area (Å²) in [5.74, 6) is 0.0860. The van der Waals surface area contributed by atoms with Crippen LogP contribution in [0, 0.1) is 16.0 Å². The second-order valence-electron chi connectivity index (χ2n) is 4.80. The van der Waals surface area contributed by atoms with Crippen molar-refractivity contribution in [3.63, 3.8) is 0 Å². The van der Waals surface area contributed by atoms with Crippen LogP contribution in [-0.2, 0) is 4.74 Å². The number of anilines is 1. The lowest BCUT2D eigenvalue weighted by atomic mass is 10.1. The van der Waals surface area contributed by atoms with E-state index in [1.807, 2.05) is 0 Å². The Balaban J connectivity index is 1.94. The Hall–Kier alpha value is -2.15. The molecule has 1 unspecified atom stereocenters. The average Bonchev–Trinajstić information content (AvgIpc) is 2.92. The van der Waals surface area contributed by atoms with E-state index in [1.54, 1.807) is 0 Å². The van der Waals surface area contributed by atoms with Crippen LogP contribution in [0.15, 0.2) is 18.2 Å². The summed E-state index contributed by atoms with van der Waals surface area (Å²) in [5.41, 5.74) is 5.91. The summed E-state index contributed by atoms with van der Waals surface area (Å²) in [5, 5.41) is 13.4. The third-order valence-corrected chi connectivity index (χ3v) is 3.35. The smallest absolute Gasteiger partial charge is 0.270 e. The van der Waals surface area contributed by atoms with Crippen LogP contribution in [0.3, 0.4) is 0 Å². The molecule has 3 N–H and O–H groups in total. The molecule has 1 aromatic rings. The third kappa shape index (κ3) is 3.45. The molecule has 1 aliphatic heterocycles. The number of benzene rings is 1. The molecule has 0 aromatic heterocycles. The fraction of sp³-hybridized carbons (Fsp3) is 0.462. The number of hydrogen-bond donors (Lipinski definition) is 2. The van der Waals surface area contributed by atoms with Crippen molar-refractivity contribution >= 4 is 17.3 Å². The molecule has 20 heavy (non-hydrogen) atoms. The number of non-ortho nitro benzene ring substituents is 1. The molecule has 1 atom stereocenters. The number of nitrogens with zero attached hydrogens (tertiary/aromatic N) is 1. The van der Waals surface area contributed by atoms with Crippen LogP contribution in [0.1, 0.15) is 23.2 Å². The number of carbonyl (C=O) groups is 1. The van der Waals surface area contributed by atoms with Crippen LogP contribution in [0.4, 0.5) is 11.4 Å². The summed E-state index contributed by atoms with van der Waals surface area (Å²) < 4.78 is 5.25. The molecule has 0 radical (unpaired) electrons. The largest absolute Gasteiger partial charge is 0.398 e. The lowest BCUT2D eigenvalue weighted by molar-refractivity contribution is -0.384. The molecule has 7 nitrogen and oxygen atoms in total. The normalized spacial score (nSPS) is 17.9. The number of nitrogens with two attached hydrogens (primary N) is 1. The van der Waals surface area contributed by atoms with Crippen molar-refractivity contribution in [2.24, 2.45) is 5.92 Å². The molecule has 0 bridgehead atoms. The van der Waals surface area contributed by atoms with Gasteiger partial charge < -0.3 is 15.8 Å². The molecular formula is C13H17N3O4. The number of nitro benzene ring substituents is 1. The second-order valence-corrected chi connectivity index (χ2v) is 4.80. The van der Waals surface area contributed by atoms with E-state index in [1.165, 1.54) is 18.2 Å². The number of carbonyl (C=O) groups excluding carboxylic acids is 1. The second kappa shape index (κ2) is 6.33. The highest BCUT2D eigenvalue weighted by molar-refractivity contribution is 5.99. The first-order valence-electron chi connectivity index (χ1n) is 6.48. The van der Waals surface area contributed by atoms with Crippen LogP contribution in [-0.4, -0.2) is 30.6 Å². The van der Waals surface area contributed by atoms with Crippen LogP contribution in [0.5, 0.6) is 0 Å². The molecule has 0 spiro atoms. The Kier molecular flexibility index (Phi) is 4.52. The maximum Gasteiger partial charge on any atom is 0.270 e. The van der Waals surface area contributed by atoms with Crippen LogP contribution < -0.4 is 11.1 Å². The number of ether oxygens (including phenoxy) is 1. The number of nitrogen functional groups attached to an aromatic ring is 1. The van der Waals surface area contributed by atoms with Gasteiger partial charge in [-0.3, -0.25) is 14.9 Å². The first kappa shape index (κ1) is 14.3. The molecule has 1 aliphatic rings. The van der Waals surface area contributed by atoms with Gasteiger partial charge in [-0.15, -0.1) is 0 Å². The molecule has 1 saturated heterocycles. The number of nitro groups is 1. The molecule has 108 valence electrons. The van der Waals surface area contributed by atoms with Crippen molar-refractivity contribution in [2.75, 3.05) is 25.5 Å². The highest BCUT2D eigenvalue weighted by atomic mass is 16.6. The number of amides is 1. The Morgan fingerprint density at radius 1 is 1.55 bits per heavy atom. The van der Waals surface area contributed by atoms with E-state index in [4.69, 9.17) is 10.5 Å². The maximum atomic E-state index is 12.0. The fourth-order valence-electron chi connectivity index (χ4n) is 2.15. The van der Waals surface area contributed by atoms with E-state index in [-0.39, 0.29) is 22.8 Å². The molecule has 0 saturated carbocycles. The first-order valence-corrected chi connectivity index (χ1v) is 6.48. The summed E-state index contributed by atoms with van der Waals surface area (Å²) in [6, 6.07) is 3.85. The molecule has 1 fully saturated rings. The van der Waals surface area contributed by atoms with Gasteiger partial charge in [0.2, 0.25) is 0 Å². The van der Waals surface area contributed by atoms with Crippen LogP contribution in [0.25, 0.3) is 0 Å². The predicted molar refractivity (Wildman–Crippen MR) is 73.4 cm³/mol. The Labute approximate surface area is 116 Å². The zero-order chi connectivity index (χ0) is 14.5. The number of rotatable bonds is 5. The Morgan fingerprint density at radius 3 is 3.00 bits per heavy atom. The van der Waals surface area contributed by atoms with Gasteiger partial charge in [0.05, 0.1) is 10.5 Å². The predicted octanol–water partition coefficient (Wildman–Crippen LogP) is 1.33. The van der Waals surface area contributed by atoms with E-state index >= 15 is 0 Å². The molecule has 1 heterocycles. The summed E-state index contributed by atoms with van der Waals surface area (Å²) in [7, 11) is 0. The van der Waals surface area contributed by atoms with E-state index in [0.717, 1.165) is 26.1 Å². The summed E-state index contributed by atoms with van der Waals surface area (Å²) in [6.45, 7) is 2.01. The van der Waals surface area contributed by atoms with E-state index in [0.29, 0.717) is 12.5 Å². The molecule has 0 aliphatic carbocycles. The minimum Gasteiger partial charge on any atom is -0.398 e. The van der Waals surface area contributed by atoms with Crippen molar-refractivity contribution in [2.45, 2.75) is 12.8 Å². The lowest BCUT2D eigenvalue weighted by Crippen LogP contribution is -2.26. The Bertz CT molecular complexity index is 512. The monoisotopic (exact) mass is 279 g/mol. The Morgan fingerprint density at radius 2 is 2.35 bits per heavy atom. The first-order chi connectivity index (χ1) is 9.58. The summed E-state index contributed by atoms with van der Waals surface area (Å²) in [6.07, 6.45) is 1.84. The van der Waals surface area contributed by atoms with Crippen molar-refractivity contribution in [1.29, 1.82) is 0 Å². The van der Waals surface area contributed by atoms with Gasteiger partial charge in [0.25, 0.3) is 11.6 Å². The van der Waals surface area contributed by atoms with E-state index in [2.05, 4.69) is 5.32 Å². The van der Waals surface area contributed by atoms with Crippen molar-refractivity contribution in [3.8, 4) is 0 Å². The summed E-state index contributed by atoms with van der Waals surface area (Å²) in [4.78, 5) is 22.1. The molecular weight excluding hydrogens is 262 g/mol. The quantitative estimate of drug-likeness (QED) is 0.480. The van der Waals surface area contributed by atoms with Gasteiger partial charge in [0.1, 0.15) is 0 Å². The van der Waals surface area contributed by atoms with Crippen molar-refractivity contribution in [1.82, 2.24) is 5.32 Å². The van der Waals surface area contributed by atoms with Crippen molar-refractivity contribution in [3.05, 3.63) is 33.9 Å². The molecule has 1 amide bonds. The maximum absolute atomic E-state index is 12.0. The number of nitrogens with one attached hydrogen (secondary N) is 1. The highest BCUT2D eigenvalue weighted by Gasteiger charge is 2.17. The van der Waals surface area contributed by atoms with Crippen LogP contribution in [0.2, 0.25) is 0 Å². The topological polar surface area (TPSA) is 107 Å². The standard InChI is InChI=1S/C13H17N3O4/c14-12-2-1-10(16(18)19)7-11(12)13(17)15-5-3-9-4-6-20-8-9/h1-2,7,9H,3-6,8,14H2,(H,15,17). The lowest BCUT2D eigenvalue weighted by Gasteiger charge is -2.10. The fourth-order valence-corrected chi connectivity index (χ4v) is 2.15. The van der Waals surface area contributed by atoms with Crippen molar-refractivity contribution < 1.29 is 14.5 Å². The van der Waals surface area contributed by atoms with E-state index in [9.17, 15) is 14.9 Å².